The van der Waals surface area contributed by atoms with Crippen LogP contribution in [0.15, 0.2) is 18.2 Å². The van der Waals surface area contributed by atoms with Crippen molar-refractivity contribution in [1.82, 2.24) is 24.8 Å². The van der Waals surface area contributed by atoms with E-state index in [9.17, 15) is 8.42 Å². The van der Waals surface area contributed by atoms with Crippen LogP contribution in [0.1, 0.15) is 28.3 Å². The van der Waals surface area contributed by atoms with Crippen LogP contribution in [0.2, 0.25) is 0 Å². The predicted molar refractivity (Wildman–Crippen MR) is 87.1 cm³/mol. The van der Waals surface area contributed by atoms with Gasteiger partial charge in [0.2, 0.25) is 10.0 Å². The number of hydrogen-bond donors (Lipinski definition) is 2. The molecule has 23 heavy (non-hydrogen) atoms. The van der Waals surface area contributed by atoms with Crippen molar-refractivity contribution in [2.45, 2.75) is 33.0 Å². The third kappa shape index (κ3) is 4.15. The highest BCUT2D eigenvalue weighted by Gasteiger charge is 2.22. The minimum Gasteiger partial charge on any atom is -0.291 e. The van der Waals surface area contributed by atoms with E-state index in [1.807, 2.05) is 25.1 Å². The SMILES string of the molecule is Cc1cccc(CN2CCc3c(CNS(C)(=O)=O)n[nH]c3C2)n1. The quantitative estimate of drug-likeness (QED) is 0.840. The van der Waals surface area contributed by atoms with Crippen LogP contribution in [0.4, 0.5) is 0 Å². The first-order chi connectivity index (χ1) is 10.9. The van der Waals surface area contributed by atoms with Crippen molar-refractivity contribution in [1.29, 1.82) is 0 Å². The maximum atomic E-state index is 11.2. The Morgan fingerprint density at radius 1 is 1.39 bits per heavy atom. The highest BCUT2D eigenvalue weighted by atomic mass is 32.2. The molecule has 2 aromatic rings. The fraction of sp³-hybridized carbons (Fsp3) is 0.467. The van der Waals surface area contributed by atoms with E-state index in [4.69, 9.17) is 0 Å². The van der Waals surface area contributed by atoms with Gasteiger partial charge in [-0.05, 0) is 25.5 Å². The summed E-state index contributed by atoms with van der Waals surface area (Å²) in [6.45, 7) is 4.72. The molecule has 1 aliphatic rings. The molecule has 3 heterocycles. The maximum absolute atomic E-state index is 11.2. The van der Waals surface area contributed by atoms with Gasteiger partial charge < -0.3 is 0 Å². The second kappa shape index (κ2) is 6.38. The number of H-pyrrole nitrogens is 1. The Kier molecular flexibility index (Phi) is 4.47. The zero-order valence-electron chi connectivity index (χ0n) is 13.3. The normalized spacial score (nSPS) is 15.6. The molecular formula is C15H21N5O2S. The Labute approximate surface area is 136 Å². The van der Waals surface area contributed by atoms with Gasteiger partial charge in [0.1, 0.15) is 0 Å². The van der Waals surface area contributed by atoms with Crippen LogP contribution < -0.4 is 4.72 Å². The summed E-state index contributed by atoms with van der Waals surface area (Å²) in [5.41, 5.74) is 5.07. The standard InChI is InChI=1S/C15H21N5O2S/c1-11-4-3-5-12(17-11)9-20-7-6-13-14(8-16-23(2,21)22)18-19-15(13)10-20/h3-5,16H,6-10H2,1-2H3,(H,18,19). The Morgan fingerprint density at radius 2 is 2.22 bits per heavy atom. The smallest absolute Gasteiger partial charge is 0.209 e. The van der Waals surface area contributed by atoms with Crippen molar-refractivity contribution in [3.05, 3.63) is 46.5 Å². The number of sulfonamides is 1. The molecule has 2 N–H and O–H groups in total. The number of aromatic amines is 1. The summed E-state index contributed by atoms with van der Waals surface area (Å²) in [5.74, 6) is 0. The largest absolute Gasteiger partial charge is 0.291 e. The number of aromatic nitrogens is 3. The van der Waals surface area contributed by atoms with Gasteiger partial charge in [0.15, 0.2) is 0 Å². The summed E-state index contributed by atoms with van der Waals surface area (Å²) in [5, 5.41) is 7.30. The lowest BCUT2D eigenvalue weighted by Gasteiger charge is -2.26. The van der Waals surface area contributed by atoms with Crippen molar-refractivity contribution in [2.75, 3.05) is 12.8 Å². The number of nitrogens with zero attached hydrogens (tertiary/aromatic N) is 3. The first-order valence-electron chi connectivity index (χ1n) is 7.55. The molecular weight excluding hydrogens is 314 g/mol. The van der Waals surface area contributed by atoms with E-state index in [0.717, 1.165) is 60.7 Å². The number of rotatable bonds is 5. The Bertz CT molecular complexity index is 800. The molecule has 7 nitrogen and oxygen atoms in total. The van der Waals surface area contributed by atoms with Crippen LogP contribution >= 0.6 is 0 Å². The molecule has 0 atom stereocenters. The minimum absolute atomic E-state index is 0.240. The Hall–Kier alpha value is -1.77. The van der Waals surface area contributed by atoms with E-state index in [0.29, 0.717) is 0 Å². The molecule has 3 rings (SSSR count). The highest BCUT2D eigenvalue weighted by Crippen LogP contribution is 2.21. The molecule has 0 spiro atoms. The zero-order chi connectivity index (χ0) is 16.4. The zero-order valence-corrected chi connectivity index (χ0v) is 14.2. The van der Waals surface area contributed by atoms with Gasteiger partial charge in [-0.3, -0.25) is 15.0 Å². The number of fused-ring (bicyclic) bond motifs is 1. The van der Waals surface area contributed by atoms with Gasteiger partial charge >= 0.3 is 0 Å². The fourth-order valence-electron chi connectivity index (χ4n) is 2.84. The lowest BCUT2D eigenvalue weighted by molar-refractivity contribution is 0.239. The van der Waals surface area contributed by atoms with E-state index in [1.54, 1.807) is 0 Å². The van der Waals surface area contributed by atoms with E-state index in [-0.39, 0.29) is 6.54 Å². The van der Waals surface area contributed by atoms with Crippen LogP contribution in [-0.2, 0) is 36.1 Å². The molecule has 0 fully saturated rings. The molecule has 124 valence electrons. The minimum atomic E-state index is -3.20. The van der Waals surface area contributed by atoms with Crippen LogP contribution in [0, 0.1) is 6.92 Å². The van der Waals surface area contributed by atoms with Crippen molar-refractivity contribution in [3.8, 4) is 0 Å². The summed E-state index contributed by atoms with van der Waals surface area (Å²) in [7, 11) is -3.20. The molecule has 0 saturated heterocycles. The molecule has 0 unspecified atom stereocenters. The topological polar surface area (TPSA) is 91.0 Å². The van der Waals surface area contributed by atoms with Crippen LogP contribution in [-0.4, -0.2) is 41.3 Å². The third-order valence-electron chi connectivity index (χ3n) is 3.93. The first kappa shape index (κ1) is 16.1. The lowest BCUT2D eigenvalue weighted by Crippen LogP contribution is -2.31. The third-order valence-corrected chi connectivity index (χ3v) is 4.60. The van der Waals surface area contributed by atoms with E-state index in [2.05, 4.69) is 24.8 Å². The van der Waals surface area contributed by atoms with Crippen LogP contribution in [0.5, 0.6) is 0 Å². The van der Waals surface area contributed by atoms with Gasteiger partial charge in [-0.1, -0.05) is 6.07 Å². The first-order valence-corrected chi connectivity index (χ1v) is 9.44. The Balaban J connectivity index is 1.66. The van der Waals surface area contributed by atoms with E-state index >= 15 is 0 Å². The van der Waals surface area contributed by atoms with Gasteiger partial charge in [-0.25, -0.2) is 13.1 Å². The summed E-state index contributed by atoms with van der Waals surface area (Å²) >= 11 is 0. The molecule has 0 saturated carbocycles. The van der Waals surface area contributed by atoms with Crippen molar-refractivity contribution in [3.63, 3.8) is 0 Å². The second-order valence-corrected chi connectivity index (χ2v) is 7.78. The van der Waals surface area contributed by atoms with Gasteiger partial charge in [0.05, 0.1) is 29.9 Å². The summed E-state index contributed by atoms with van der Waals surface area (Å²) in [6, 6.07) is 6.06. The van der Waals surface area contributed by atoms with Gasteiger partial charge in [-0.15, -0.1) is 0 Å². The monoisotopic (exact) mass is 335 g/mol. The second-order valence-electron chi connectivity index (χ2n) is 5.95. The maximum Gasteiger partial charge on any atom is 0.209 e. The highest BCUT2D eigenvalue weighted by molar-refractivity contribution is 7.88. The van der Waals surface area contributed by atoms with Gasteiger partial charge in [0.25, 0.3) is 0 Å². The van der Waals surface area contributed by atoms with Crippen molar-refractivity contribution in [2.24, 2.45) is 0 Å². The molecule has 2 aromatic heterocycles. The predicted octanol–water partition coefficient (Wildman–Crippen LogP) is 0.721. The molecule has 0 bridgehead atoms. The summed E-state index contributed by atoms with van der Waals surface area (Å²) in [6.07, 6.45) is 2.01. The molecule has 0 radical (unpaired) electrons. The number of hydrogen-bond acceptors (Lipinski definition) is 5. The molecule has 0 aliphatic carbocycles. The molecule has 0 aromatic carbocycles. The number of pyridine rings is 1. The van der Waals surface area contributed by atoms with E-state index < -0.39 is 10.0 Å². The van der Waals surface area contributed by atoms with Crippen LogP contribution in [0.25, 0.3) is 0 Å². The average molecular weight is 335 g/mol. The molecule has 0 amide bonds. The summed E-state index contributed by atoms with van der Waals surface area (Å²) in [4.78, 5) is 6.86. The lowest BCUT2D eigenvalue weighted by atomic mass is 10.0. The average Bonchev–Trinajstić information content (AvgIpc) is 2.87. The molecule has 1 aliphatic heterocycles. The van der Waals surface area contributed by atoms with Gasteiger partial charge in [-0.2, -0.15) is 5.10 Å². The number of nitrogens with one attached hydrogen (secondary N) is 2. The Morgan fingerprint density at radius 3 is 2.96 bits per heavy atom. The van der Waals surface area contributed by atoms with E-state index in [1.165, 1.54) is 0 Å². The number of aryl methyl sites for hydroxylation is 1. The van der Waals surface area contributed by atoms with Crippen LogP contribution in [0.3, 0.4) is 0 Å². The van der Waals surface area contributed by atoms with Gasteiger partial charge in [0, 0.05) is 30.9 Å². The fourth-order valence-corrected chi connectivity index (χ4v) is 3.24. The summed E-state index contributed by atoms with van der Waals surface area (Å²) < 4.78 is 24.9. The van der Waals surface area contributed by atoms with Crippen molar-refractivity contribution < 1.29 is 8.42 Å². The molecule has 8 heteroatoms. The van der Waals surface area contributed by atoms with Crippen molar-refractivity contribution >= 4 is 10.0 Å².